The number of nitrogens with zero attached hydrogens (tertiary/aromatic N) is 2. The lowest BCUT2D eigenvalue weighted by molar-refractivity contribution is -0.274. The van der Waals surface area contributed by atoms with Crippen LogP contribution in [-0.4, -0.2) is 24.4 Å². The lowest BCUT2D eigenvalue weighted by Crippen LogP contribution is -2.36. The summed E-state index contributed by atoms with van der Waals surface area (Å²) in [5.41, 5.74) is 1.41. The van der Waals surface area contributed by atoms with Gasteiger partial charge in [0.15, 0.2) is 5.96 Å². The van der Waals surface area contributed by atoms with Crippen LogP contribution >= 0.6 is 11.3 Å². The Kier molecular flexibility index (Phi) is 6.84. The lowest BCUT2D eigenvalue weighted by atomic mass is 10.2. The fourth-order valence-electron chi connectivity index (χ4n) is 2.10. The molecule has 0 aliphatic carbocycles. The maximum absolute atomic E-state index is 12.5. The fourth-order valence-corrected chi connectivity index (χ4v) is 3.00. The summed E-state index contributed by atoms with van der Waals surface area (Å²) in [4.78, 5) is 8.59. The van der Waals surface area contributed by atoms with E-state index in [0.29, 0.717) is 24.0 Å². The summed E-state index contributed by atoms with van der Waals surface area (Å²) in [5.74, 6) is 0.597. The summed E-state index contributed by atoms with van der Waals surface area (Å²) < 4.78 is 41.5. The second-order valence-corrected chi connectivity index (χ2v) is 6.70. The van der Waals surface area contributed by atoms with Crippen LogP contribution in [0, 0.1) is 0 Å². The molecule has 0 bridgehead atoms. The van der Waals surface area contributed by atoms with E-state index in [-0.39, 0.29) is 12.3 Å². The van der Waals surface area contributed by atoms with Crippen LogP contribution in [0.15, 0.2) is 34.6 Å². The van der Waals surface area contributed by atoms with Gasteiger partial charge < -0.3 is 15.4 Å². The lowest BCUT2D eigenvalue weighted by Gasteiger charge is -2.15. The van der Waals surface area contributed by atoms with Gasteiger partial charge in [0, 0.05) is 24.5 Å². The van der Waals surface area contributed by atoms with Crippen molar-refractivity contribution >= 4 is 17.3 Å². The van der Waals surface area contributed by atoms with Crippen LogP contribution in [0.5, 0.6) is 5.75 Å². The Morgan fingerprint density at radius 1 is 1.23 bits per heavy atom. The van der Waals surface area contributed by atoms with Crippen LogP contribution < -0.4 is 15.4 Å². The van der Waals surface area contributed by atoms with Crippen molar-refractivity contribution in [1.82, 2.24) is 15.6 Å². The first kappa shape index (κ1) is 20.0. The molecule has 5 nitrogen and oxygen atoms in total. The summed E-state index contributed by atoms with van der Waals surface area (Å²) in [6.45, 7) is 4.78. The highest BCUT2D eigenvalue weighted by Crippen LogP contribution is 2.26. The Balaban J connectivity index is 1.93. The zero-order chi connectivity index (χ0) is 19.2. The number of ether oxygens (including phenoxy) is 1. The zero-order valence-electron chi connectivity index (χ0n) is 14.7. The van der Waals surface area contributed by atoms with Gasteiger partial charge >= 0.3 is 6.36 Å². The molecule has 0 aliphatic heterocycles. The first-order valence-electron chi connectivity index (χ1n) is 8.01. The van der Waals surface area contributed by atoms with E-state index in [4.69, 9.17) is 0 Å². The second kappa shape index (κ2) is 8.88. The van der Waals surface area contributed by atoms with Gasteiger partial charge in [-0.2, -0.15) is 0 Å². The zero-order valence-corrected chi connectivity index (χ0v) is 15.5. The maximum Gasteiger partial charge on any atom is 0.573 e. The van der Waals surface area contributed by atoms with Crippen LogP contribution in [0.2, 0.25) is 0 Å². The third-order valence-corrected chi connectivity index (χ3v) is 4.30. The number of hydrogen-bond donors (Lipinski definition) is 2. The Bertz CT molecular complexity index is 744. The number of benzene rings is 1. The highest BCUT2D eigenvalue weighted by molar-refractivity contribution is 7.09. The van der Waals surface area contributed by atoms with Gasteiger partial charge in [-0.15, -0.1) is 24.5 Å². The molecule has 142 valence electrons. The molecule has 1 aromatic carbocycles. The van der Waals surface area contributed by atoms with E-state index in [1.54, 1.807) is 30.5 Å². The van der Waals surface area contributed by atoms with Gasteiger partial charge in [0.1, 0.15) is 10.8 Å². The van der Waals surface area contributed by atoms with Gasteiger partial charge in [-0.3, -0.25) is 4.99 Å². The fraction of sp³-hybridized carbons (Fsp3) is 0.412. The highest BCUT2D eigenvalue weighted by Gasteiger charge is 2.31. The van der Waals surface area contributed by atoms with Crippen molar-refractivity contribution in [2.24, 2.45) is 4.99 Å². The SMILES string of the molecule is CN=C(NCc1nc(C(C)C)cs1)NCc1ccccc1OC(F)(F)F. The van der Waals surface area contributed by atoms with E-state index in [2.05, 4.69) is 39.2 Å². The van der Waals surface area contributed by atoms with Crippen LogP contribution in [0.3, 0.4) is 0 Å². The highest BCUT2D eigenvalue weighted by atomic mass is 32.1. The van der Waals surface area contributed by atoms with Crippen molar-refractivity contribution in [1.29, 1.82) is 0 Å². The quantitative estimate of drug-likeness (QED) is 0.581. The second-order valence-electron chi connectivity index (χ2n) is 5.76. The normalized spacial score (nSPS) is 12.3. The van der Waals surface area contributed by atoms with Gasteiger partial charge in [0.25, 0.3) is 0 Å². The molecule has 26 heavy (non-hydrogen) atoms. The maximum atomic E-state index is 12.5. The van der Waals surface area contributed by atoms with Gasteiger partial charge in [-0.1, -0.05) is 32.0 Å². The molecular weight excluding hydrogens is 365 g/mol. The Hall–Kier alpha value is -2.29. The molecule has 9 heteroatoms. The minimum atomic E-state index is -4.73. The third kappa shape index (κ3) is 6.21. The van der Waals surface area contributed by atoms with Crippen molar-refractivity contribution in [3.8, 4) is 5.75 Å². The average molecular weight is 386 g/mol. The van der Waals surface area contributed by atoms with Crippen LogP contribution in [0.25, 0.3) is 0 Å². The summed E-state index contributed by atoms with van der Waals surface area (Å²) in [6, 6.07) is 5.99. The summed E-state index contributed by atoms with van der Waals surface area (Å²) in [7, 11) is 1.59. The van der Waals surface area contributed by atoms with Gasteiger partial charge in [-0.05, 0) is 12.0 Å². The van der Waals surface area contributed by atoms with Crippen LogP contribution in [0.1, 0.15) is 36.0 Å². The van der Waals surface area contributed by atoms with E-state index >= 15 is 0 Å². The molecular formula is C17H21F3N4OS. The van der Waals surface area contributed by atoms with E-state index < -0.39 is 6.36 Å². The number of aromatic nitrogens is 1. The van der Waals surface area contributed by atoms with E-state index in [1.807, 2.05) is 5.38 Å². The summed E-state index contributed by atoms with van der Waals surface area (Å²) in [5, 5.41) is 9.01. The number of halogens is 3. The Morgan fingerprint density at radius 3 is 2.54 bits per heavy atom. The molecule has 2 rings (SSSR count). The molecule has 1 heterocycles. The molecule has 0 spiro atoms. The first-order chi connectivity index (χ1) is 12.3. The van der Waals surface area contributed by atoms with Crippen molar-refractivity contribution in [3.63, 3.8) is 0 Å². The van der Waals surface area contributed by atoms with Crippen LogP contribution in [0.4, 0.5) is 13.2 Å². The molecule has 2 aromatic rings. The average Bonchev–Trinajstić information content (AvgIpc) is 3.04. The van der Waals surface area contributed by atoms with E-state index in [9.17, 15) is 13.2 Å². The number of para-hydroxylation sites is 1. The van der Waals surface area contributed by atoms with Crippen LogP contribution in [-0.2, 0) is 13.1 Å². The van der Waals surface area contributed by atoms with Gasteiger partial charge in [0.05, 0.1) is 12.2 Å². The topological polar surface area (TPSA) is 58.5 Å². The molecule has 0 radical (unpaired) electrons. The van der Waals surface area contributed by atoms with E-state index in [0.717, 1.165) is 10.7 Å². The predicted molar refractivity (Wildman–Crippen MR) is 96.4 cm³/mol. The monoisotopic (exact) mass is 386 g/mol. The number of alkyl halides is 3. The molecule has 0 saturated carbocycles. The largest absolute Gasteiger partial charge is 0.573 e. The minimum Gasteiger partial charge on any atom is -0.405 e. The standard InChI is InChI=1S/C17H21F3N4OS/c1-11(2)13-10-26-15(24-13)9-23-16(21-3)22-8-12-6-4-5-7-14(12)25-17(18,19)20/h4-7,10-11H,8-9H2,1-3H3,(H2,21,22,23). The van der Waals surface area contributed by atoms with Crippen molar-refractivity contribution < 1.29 is 17.9 Å². The molecule has 0 unspecified atom stereocenters. The van der Waals surface area contributed by atoms with E-state index in [1.165, 1.54) is 12.1 Å². The summed E-state index contributed by atoms with van der Waals surface area (Å²) >= 11 is 1.55. The minimum absolute atomic E-state index is 0.140. The number of rotatable bonds is 6. The van der Waals surface area contributed by atoms with Gasteiger partial charge in [-0.25, -0.2) is 4.98 Å². The molecule has 0 fully saturated rings. The van der Waals surface area contributed by atoms with Crippen molar-refractivity contribution in [2.45, 2.75) is 39.2 Å². The number of nitrogens with one attached hydrogen (secondary N) is 2. The Morgan fingerprint density at radius 2 is 1.92 bits per heavy atom. The molecule has 2 N–H and O–H groups in total. The first-order valence-corrected chi connectivity index (χ1v) is 8.89. The van der Waals surface area contributed by atoms with Crippen molar-refractivity contribution in [2.75, 3.05) is 7.05 Å². The Labute approximate surface area is 154 Å². The predicted octanol–water partition coefficient (Wildman–Crippen LogP) is 4.03. The molecule has 0 amide bonds. The van der Waals surface area contributed by atoms with Gasteiger partial charge in [0.2, 0.25) is 0 Å². The number of thiazole rings is 1. The number of hydrogen-bond acceptors (Lipinski definition) is 4. The molecule has 0 aliphatic rings. The smallest absolute Gasteiger partial charge is 0.405 e. The number of aliphatic imine (C=N–C) groups is 1. The summed E-state index contributed by atoms with van der Waals surface area (Å²) in [6.07, 6.45) is -4.73. The number of guanidine groups is 1. The molecule has 0 atom stereocenters. The van der Waals surface area contributed by atoms with Crippen molar-refractivity contribution in [3.05, 3.63) is 45.9 Å². The third-order valence-electron chi connectivity index (χ3n) is 3.44. The molecule has 0 saturated heterocycles. The molecule has 1 aromatic heterocycles.